The Hall–Kier alpha value is -2.63. The maximum Gasteiger partial charge on any atom is 0.306 e. The Morgan fingerprint density at radius 3 is 1.02 bits per heavy atom. The van der Waals surface area contributed by atoms with Crippen LogP contribution in [0.3, 0.4) is 0 Å². The Balaban J connectivity index is 4.43. The highest BCUT2D eigenvalue weighted by molar-refractivity contribution is 5.71. The fourth-order valence-corrected chi connectivity index (χ4v) is 6.93. The van der Waals surface area contributed by atoms with Crippen molar-refractivity contribution in [3.05, 3.63) is 48.6 Å². The van der Waals surface area contributed by atoms with Gasteiger partial charge in [0.15, 0.2) is 6.10 Å². The molecule has 58 heavy (non-hydrogen) atoms. The van der Waals surface area contributed by atoms with E-state index in [0.717, 1.165) is 64.2 Å². The molecule has 0 amide bonds. The smallest absolute Gasteiger partial charge is 0.306 e. The van der Waals surface area contributed by atoms with Crippen molar-refractivity contribution in [1.29, 1.82) is 0 Å². The van der Waals surface area contributed by atoms with Gasteiger partial charge in [0.1, 0.15) is 13.2 Å². The third-order valence-electron chi connectivity index (χ3n) is 10.6. The van der Waals surface area contributed by atoms with E-state index in [-0.39, 0.29) is 37.5 Å². The molecule has 0 N–H and O–H groups in total. The average molecular weight is 813 g/mol. The molecule has 0 aromatic heterocycles. The van der Waals surface area contributed by atoms with Gasteiger partial charge in [0.25, 0.3) is 0 Å². The van der Waals surface area contributed by atoms with Gasteiger partial charge in [-0.3, -0.25) is 14.4 Å². The summed E-state index contributed by atoms with van der Waals surface area (Å²) in [6.45, 7) is 6.47. The van der Waals surface area contributed by atoms with Crippen LogP contribution in [0.25, 0.3) is 0 Å². The highest BCUT2D eigenvalue weighted by Gasteiger charge is 2.19. The van der Waals surface area contributed by atoms with Crippen LogP contribution in [0.15, 0.2) is 48.6 Å². The zero-order valence-electron chi connectivity index (χ0n) is 38.3. The molecule has 0 aromatic rings. The van der Waals surface area contributed by atoms with Crippen molar-refractivity contribution in [2.24, 2.45) is 0 Å². The SMILES string of the molecule is CC/C=C\C/C=C\C/C=C\C/C=C\CCC(=O)OC(COC(=O)CCCCCCCCCCCCCC)COC(=O)CCCCCCCCCCCCCCCCC. The summed E-state index contributed by atoms with van der Waals surface area (Å²) in [4.78, 5) is 37.8. The molecular formula is C52H92O6. The quantitative estimate of drug-likeness (QED) is 0.0264. The van der Waals surface area contributed by atoms with E-state index >= 15 is 0 Å². The number of carbonyl (C=O) groups excluding carboxylic acids is 3. The Bertz CT molecular complexity index is 1030. The van der Waals surface area contributed by atoms with Gasteiger partial charge >= 0.3 is 17.9 Å². The van der Waals surface area contributed by atoms with E-state index in [9.17, 15) is 14.4 Å². The minimum atomic E-state index is -0.805. The molecule has 0 aliphatic rings. The third-order valence-corrected chi connectivity index (χ3v) is 10.6. The molecule has 6 nitrogen and oxygen atoms in total. The topological polar surface area (TPSA) is 78.9 Å². The second-order valence-electron chi connectivity index (χ2n) is 16.4. The van der Waals surface area contributed by atoms with Crippen molar-refractivity contribution in [2.75, 3.05) is 13.2 Å². The lowest BCUT2D eigenvalue weighted by Gasteiger charge is -2.18. The summed E-state index contributed by atoms with van der Waals surface area (Å²) >= 11 is 0. The maximum atomic E-state index is 12.7. The summed E-state index contributed by atoms with van der Waals surface area (Å²) in [5.74, 6) is -0.974. The zero-order valence-corrected chi connectivity index (χ0v) is 38.3. The summed E-state index contributed by atoms with van der Waals surface area (Å²) in [5.41, 5.74) is 0. The van der Waals surface area contributed by atoms with Gasteiger partial charge in [0, 0.05) is 19.3 Å². The fraction of sp³-hybridized carbons (Fsp3) is 0.788. The number of hydrogen-bond donors (Lipinski definition) is 0. The van der Waals surface area contributed by atoms with Gasteiger partial charge in [-0.15, -0.1) is 0 Å². The summed E-state index contributed by atoms with van der Waals surface area (Å²) < 4.78 is 16.7. The first kappa shape index (κ1) is 55.4. The van der Waals surface area contributed by atoms with Crippen LogP contribution in [0.2, 0.25) is 0 Å². The molecule has 0 heterocycles. The van der Waals surface area contributed by atoms with E-state index in [1.54, 1.807) is 0 Å². The average Bonchev–Trinajstić information content (AvgIpc) is 3.22. The molecule has 1 atom stereocenters. The lowest BCUT2D eigenvalue weighted by Crippen LogP contribution is -2.30. The van der Waals surface area contributed by atoms with Crippen LogP contribution in [0, 0.1) is 0 Å². The third kappa shape index (κ3) is 44.5. The van der Waals surface area contributed by atoms with Gasteiger partial charge < -0.3 is 14.2 Å². The number of allylic oxidation sites excluding steroid dienone is 8. The standard InChI is InChI=1S/C52H92O6/c1-4-7-10-13-16-19-22-25-26-28-30-33-36-39-42-45-51(54)57-48-49(47-56-50(53)44-41-38-35-32-29-24-21-18-15-12-9-6-3)58-52(55)46-43-40-37-34-31-27-23-20-17-14-11-8-5-2/h8,11,17,20,27,31,37,40,49H,4-7,9-10,12-16,18-19,21-26,28-30,32-36,38-39,41-48H2,1-3H3/b11-8-,20-17-,31-27-,40-37-. The largest absolute Gasteiger partial charge is 0.462 e. The van der Waals surface area contributed by atoms with Crippen LogP contribution < -0.4 is 0 Å². The van der Waals surface area contributed by atoms with E-state index < -0.39 is 6.10 Å². The molecule has 0 rings (SSSR count). The highest BCUT2D eigenvalue weighted by atomic mass is 16.6. The van der Waals surface area contributed by atoms with Crippen molar-refractivity contribution in [3.8, 4) is 0 Å². The van der Waals surface area contributed by atoms with E-state index in [0.29, 0.717) is 19.3 Å². The predicted octanol–water partition coefficient (Wildman–Crippen LogP) is 15.9. The number of hydrogen-bond acceptors (Lipinski definition) is 6. The summed E-state index contributed by atoms with van der Waals surface area (Å²) in [7, 11) is 0. The van der Waals surface area contributed by atoms with Crippen LogP contribution in [-0.4, -0.2) is 37.2 Å². The van der Waals surface area contributed by atoms with E-state index in [1.165, 1.54) is 135 Å². The first-order valence-electron chi connectivity index (χ1n) is 24.6. The highest BCUT2D eigenvalue weighted by Crippen LogP contribution is 2.15. The monoisotopic (exact) mass is 813 g/mol. The molecule has 0 spiro atoms. The van der Waals surface area contributed by atoms with E-state index in [2.05, 4.69) is 57.2 Å². The Kier molecular flexibility index (Phi) is 44.9. The van der Waals surface area contributed by atoms with Gasteiger partial charge in [-0.1, -0.05) is 230 Å². The summed E-state index contributed by atoms with van der Waals surface area (Å²) in [5, 5.41) is 0. The van der Waals surface area contributed by atoms with E-state index in [1.807, 2.05) is 12.2 Å². The Morgan fingerprint density at radius 1 is 0.362 bits per heavy atom. The molecule has 0 fully saturated rings. The minimum Gasteiger partial charge on any atom is -0.462 e. The number of unbranched alkanes of at least 4 members (excludes halogenated alkanes) is 25. The van der Waals surface area contributed by atoms with Gasteiger partial charge in [0.05, 0.1) is 0 Å². The zero-order chi connectivity index (χ0) is 42.3. The first-order chi connectivity index (χ1) is 28.5. The van der Waals surface area contributed by atoms with Crippen molar-refractivity contribution < 1.29 is 28.6 Å². The fourth-order valence-electron chi connectivity index (χ4n) is 6.93. The van der Waals surface area contributed by atoms with Gasteiger partial charge in [-0.2, -0.15) is 0 Å². The lowest BCUT2D eigenvalue weighted by molar-refractivity contribution is -0.166. The van der Waals surface area contributed by atoms with Crippen LogP contribution in [-0.2, 0) is 28.6 Å². The lowest BCUT2D eigenvalue weighted by atomic mass is 10.0. The number of rotatable bonds is 44. The Morgan fingerprint density at radius 2 is 0.672 bits per heavy atom. The van der Waals surface area contributed by atoms with Gasteiger partial charge in [-0.25, -0.2) is 0 Å². The van der Waals surface area contributed by atoms with E-state index in [4.69, 9.17) is 14.2 Å². The van der Waals surface area contributed by atoms with Crippen LogP contribution >= 0.6 is 0 Å². The second kappa shape index (κ2) is 47.1. The molecule has 0 bridgehead atoms. The number of carbonyl (C=O) groups is 3. The summed E-state index contributed by atoms with van der Waals surface area (Å²) in [6.07, 6.45) is 55.3. The maximum absolute atomic E-state index is 12.7. The molecular weight excluding hydrogens is 721 g/mol. The predicted molar refractivity (Wildman–Crippen MR) is 247 cm³/mol. The van der Waals surface area contributed by atoms with Crippen molar-refractivity contribution in [2.45, 2.75) is 252 Å². The van der Waals surface area contributed by atoms with Crippen LogP contribution in [0.5, 0.6) is 0 Å². The molecule has 0 aromatic carbocycles. The van der Waals surface area contributed by atoms with Gasteiger partial charge in [-0.05, 0) is 44.9 Å². The van der Waals surface area contributed by atoms with Gasteiger partial charge in [0.2, 0.25) is 0 Å². The normalized spacial score (nSPS) is 12.4. The molecule has 0 aliphatic heterocycles. The van der Waals surface area contributed by atoms with Crippen molar-refractivity contribution >= 4 is 17.9 Å². The summed E-state index contributed by atoms with van der Waals surface area (Å²) in [6, 6.07) is 0. The van der Waals surface area contributed by atoms with Crippen LogP contribution in [0.1, 0.15) is 245 Å². The number of esters is 3. The molecule has 336 valence electrons. The molecule has 0 saturated carbocycles. The first-order valence-corrected chi connectivity index (χ1v) is 24.6. The van der Waals surface area contributed by atoms with Crippen LogP contribution in [0.4, 0.5) is 0 Å². The molecule has 0 aliphatic carbocycles. The molecule has 6 heteroatoms. The molecule has 0 saturated heterocycles. The van der Waals surface area contributed by atoms with Crippen molar-refractivity contribution in [1.82, 2.24) is 0 Å². The molecule has 0 radical (unpaired) electrons. The van der Waals surface area contributed by atoms with Crippen molar-refractivity contribution in [3.63, 3.8) is 0 Å². The second-order valence-corrected chi connectivity index (χ2v) is 16.4. The minimum absolute atomic E-state index is 0.0980. The number of ether oxygens (including phenoxy) is 3. The Labute approximate surface area is 358 Å². The molecule has 1 unspecified atom stereocenters.